The van der Waals surface area contributed by atoms with E-state index in [0.717, 1.165) is 5.56 Å². The first-order valence-electron chi connectivity index (χ1n) is 19.5. The second kappa shape index (κ2) is 18.2. The molecule has 0 aliphatic carbocycles. The zero-order valence-electron chi connectivity index (χ0n) is 31.7. The van der Waals surface area contributed by atoms with Crippen LogP contribution in [0.4, 0.5) is 10.5 Å². The Hall–Kier alpha value is -5.18. The van der Waals surface area contributed by atoms with Gasteiger partial charge >= 0.3 is 12.0 Å². The fourth-order valence-electron chi connectivity index (χ4n) is 8.07. The van der Waals surface area contributed by atoms with E-state index in [1.807, 2.05) is 13.0 Å². The highest BCUT2D eigenvalue weighted by Crippen LogP contribution is 2.28. The average Bonchev–Trinajstić information content (AvgIpc) is 3.60. The molecular formula is C40H50ClN7O8. The number of ether oxygens (including phenoxy) is 1. The molecule has 4 aliphatic heterocycles. The predicted octanol–water partition coefficient (Wildman–Crippen LogP) is 2.62. The summed E-state index contributed by atoms with van der Waals surface area (Å²) in [5, 5.41) is 11.4. The van der Waals surface area contributed by atoms with E-state index in [9.17, 15) is 33.6 Å². The Balaban J connectivity index is 1.31. The smallest absolute Gasteiger partial charge is 0.328 e. The van der Waals surface area contributed by atoms with E-state index in [0.29, 0.717) is 62.2 Å². The van der Waals surface area contributed by atoms with Gasteiger partial charge in [0.15, 0.2) is 0 Å². The maximum Gasteiger partial charge on any atom is 0.328 e. The van der Waals surface area contributed by atoms with Gasteiger partial charge in [-0.05, 0) is 87.6 Å². The predicted molar refractivity (Wildman–Crippen MR) is 206 cm³/mol. The first-order chi connectivity index (χ1) is 26.9. The number of anilines is 1. The average molecular weight is 792 g/mol. The lowest BCUT2D eigenvalue weighted by Gasteiger charge is -2.42. The summed E-state index contributed by atoms with van der Waals surface area (Å²) in [6.07, 6.45) is 3.73. The third-order valence-corrected chi connectivity index (χ3v) is 11.2. The first-order valence-corrected chi connectivity index (χ1v) is 19.8. The van der Waals surface area contributed by atoms with Gasteiger partial charge in [0.2, 0.25) is 29.5 Å². The van der Waals surface area contributed by atoms with Crippen LogP contribution in [0.15, 0.2) is 54.6 Å². The largest absolute Gasteiger partial charge is 0.461 e. The van der Waals surface area contributed by atoms with Crippen LogP contribution in [0.25, 0.3) is 0 Å². The van der Waals surface area contributed by atoms with Crippen LogP contribution in [0.3, 0.4) is 0 Å². The van der Waals surface area contributed by atoms with Crippen molar-refractivity contribution in [2.75, 3.05) is 31.6 Å². The molecule has 0 bridgehead atoms. The van der Waals surface area contributed by atoms with Gasteiger partial charge in [0.1, 0.15) is 42.9 Å². The van der Waals surface area contributed by atoms with Crippen molar-refractivity contribution < 1.29 is 38.3 Å². The van der Waals surface area contributed by atoms with Crippen molar-refractivity contribution in [3.63, 3.8) is 0 Å². The van der Waals surface area contributed by atoms with Crippen LogP contribution in [-0.2, 0) is 39.9 Å². The van der Waals surface area contributed by atoms with Gasteiger partial charge in [-0.15, -0.1) is 0 Å². The number of hydrogen-bond donors (Lipinski definition) is 4. The highest BCUT2D eigenvalue weighted by Gasteiger charge is 2.45. The SMILES string of the molecule is C[C@@H]1C[C@H]2C(=O)OC[C@H](NC(=O)[C@H](Cc3ccccc3)NC(=O)Nc3ccc(Cl)cc3)C(=O)N3CCCC[C@H]3C(=O)N3CCCC[C@H]3C(=O)N[C@@H](C)C(=O)N2C1. The summed E-state index contributed by atoms with van der Waals surface area (Å²) in [6, 6.07) is 8.40. The number of fused-ring (bicyclic) bond motifs is 3. The summed E-state index contributed by atoms with van der Waals surface area (Å²) >= 11 is 6.00. The van der Waals surface area contributed by atoms with Crippen molar-refractivity contribution in [2.45, 2.75) is 101 Å². The molecule has 0 aromatic heterocycles. The Bertz CT molecular complexity index is 1800. The molecule has 56 heavy (non-hydrogen) atoms. The monoisotopic (exact) mass is 791 g/mol. The minimum atomic E-state index is -1.45. The van der Waals surface area contributed by atoms with Crippen molar-refractivity contribution >= 4 is 58.8 Å². The Labute approximate surface area is 331 Å². The van der Waals surface area contributed by atoms with Gasteiger partial charge in [-0.2, -0.15) is 0 Å². The Kier molecular flexibility index (Phi) is 13.1. The molecule has 15 nitrogen and oxygen atoms in total. The molecule has 300 valence electrons. The summed E-state index contributed by atoms with van der Waals surface area (Å²) in [5.41, 5.74) is 1.16. The summed E-state index contributed by atoms with van der Waals surface area (Å²) in [5.74, 6) is -3.49. The molecule has 0 saturated carbocycles. The van der Waals surface area contributed by atoms with Crippen LogP contribution in [0.5, 0.6) is 0 Å². The number of nitrogens with one attached hydrogen (secondary N) is 4. The zero-order valence-corrected chi connectivity index (χ0v) is 32.5. The van der Waals surface area contributed by atoms with E-state index in [1.54, 1.807) is 55.5 Å². The molecule has 4 N–H and O–H groups in total. The lowest BCUT2D eigenvalue weighted by molar-refractivity contribution is -0.160. The molecule has 2 aromatic carbocycles. The van der Waals surface area contributed by atoms with Crippen LogP contribution in [0, 0.1) is 5.92 Å². The molecule has 4 aliphatic rings. The molecule has 7 atom stereocenters. The third kappa shape index (κ3) is 9.60. The number of nitrogens with zero attached hydrogens (tertiary/aromatic N) is 3. The van der Waals surface area contributed by atoms with Crippen molar-refractivity contribution in [1.29, 1.82) is 0 Å². The Morgan fingerprint density at radius 1 is 0.821 bits per heavy atom. The standard InChI is InChI=1S/C40H50ClN7O8/c1-24-20-33-39(54)56-23-30(44-34(49)29(21-26-10-4-3-5-11-26)45-40(55)43-28-16-14-27(41)15-17-28)37(52)47-19-9-7-13-32(47)38(53)46-18-8-6-12-31(46)35(50)42-25(2)36(51)48(33)22-24/h3-5,10-11,14-17,24-25,29-33H,6-9,12-13,18-23H2,1-2H3,(H,42,50)(H,44,49)(H2,43,45,55)/t24-,25+,29+,30+,31+,32+,33+/m1/s1. The highest BCUT2D eigenvalue weighted by atomic mass is 35.5. The van der Waals surface area contributed by atoms with Gasteiger partial charge in [0.05, 0.1) is 0 Å². The van der Waals surface area contributed by atoms with Crippen LogP contribution in [-0.4, -0.2) is 119 Å². The lowest BCUT2D eigenvalue weighted by atomic mass is 9.95. The number of carbonyl (C=O) groups excluding carboxylic acids is 7. The van der Waals surface area contributed by atoms with E-state index in [2.05, 4.69) is 21.3 Å². The van der Waals surface area contributed by atoms with Gasteiger partial charge < -0.3 is 40.7 Å². The number of rotatable bonds is 6. The second-order valence-corrected chi connectivity index (χ2v) is 15.6. The number of amides is 7. The second-order valence-electron chi connectivity index (χ2n) is 15.2. The van der Waals surface area contributed by atoms with E-state index in [1.165, 1.54) is 14.7 Å². The number of cyclic esters (lactones) is 1. The number of benzene rings is 2. The highest BCUT2D eigenvalue weighted by molar-refractivity contribution is 6.30. The molecular weight excluding hydrogens is 742 g/mol. The minimum absolute atomic E-state index is 0.0528. The number of piperidine rings is 2. The molecule has 6 rings (SSSR count). The number of urea groups is 1. The Morgan fingerprint density at radius 3 is 2.18 bits per heavy atom. The topological polar surface area (TPSA) is 187 Å². The van der Waals surface area contributed by atoms with Crippen LogP contribution >= 0.6 is 11.6 Å². The van der Waals surface area contributed by atoms with E-state index in [-0.39, 0.29) is 31.3 Å². The van der Waals surface area contributed by atoms with Gasteiger partial charge in [0.25, 0.3) is 0 Å². The van der Waals surface area contributed by atoms with Gasteiger partial charge in [0, 0.05) is 36.8 Å². The molecule has 16 heteroatoms. The summed E-state index contributed by atoms with van der Waals surface area (Å²) in [6.45, 7) is 3.65. The van der Waals surface area contributed by atoms with E-state index in [4.69, 9.17) is 16.3 Å². The normalized spacial score (nSPS) is 26.9. The van der Waals surface area contributed by atoms with Crippen molar-refractivity contribution in [2.24, 2.45) is 5.92 Å². The molecule has 4 fully saturated rings. The fourth-order valence-corrected chi connectivity index (χ4v) is 8.20. The Morgan fingerprint density at radius 2 is 1.48 bits per heavy atom. The first kappa shape index (κ1) is 40.5. The zero-order chi connectivity index (χ0) is 39.9. The summed E-state index contributed by atoms with van der Waals surface area (Å²) in [7, 11) is 0. The number of carbonyl (C=O) groups is 7. The van der Waals surface area contributed by atoms with Crippen molar-refractivity contribution in [3.8, 4) is 0 Å². The van der Waals surface area contributed by atoms with Gasteiger partial charge in [-0.3, -0.25) is 24.0 Å². The maximum atomic E-state index is 14.6. The van der Waals surface area contributed by atoms with Gasteiger partial charge in [-0.25, -0.2) is 9.59 Å². The molecule has 2 aromatic rings. The maximum absolute atomic E-state index is 14.6. The van der Waals surface area contributed by atoms with Crippen LogP contribution < -0.4 is 21.3 Å². The summed E-state index contributed by atoms with van der Waals surface area (Å²) < 4.78 is 5.77. The molecule has 4 saturated heterocycles. The molecule has 0 radical (unpaired) electrons. The van der Waals surface area contributed by atoms with Crippen LogP contribution in [0.1, 0.15) is 64.4 Å². The number of esters is 1. The van der Waals surface area contributed by atoms with Crippen molar-refractivity contribution in [1.82, 2.24) is 30.7 Å². The minimum Gasteiger partial charge on any atom is -0.461 e. The summed E-state index contributed by atoms with van der Waals surface area (Å²) in [4.78, 5) is 102. The molecule has 4 heterocycles. The molecule has 0 spiro atoms. The number of hydrogen-bond acceptors (Lipinski definition) is 8. The quantitative estimate of drug-likeness (QED) is 0.322. The van der Waals surface area contributed by atoms with Crippen molar-refractivity contribution in [3.05, 3.63) is 65.2 Å². The van der Waals surface area contributed by atoms with E-state index < -0.39 is 78.5 Å². The molecule has 7 amide bonds. The molecule has 0 unspecified atom stereocenters. The number of halogens is 1. The fraction of sp³-hybridized carbons (Fsp3) is 0.525. The van der Waals surface area contributed by atoms with E-state index >= 15 is 0 Å². The van der Waals surface area contributed by atoms with Gasteiger partial charge in [-0.1, -0.05) is 48.9 Å². The third-order valence-electron chi connectivity index (χ3n) is 11.0. The van der Waals surface area contributed by atoms with Crippen LogP contribution in [0.2, 0.25) is 5.02 Å². The lowest BCUT2D eigenvalue weighted by Crippen LogP contribution is -2.63.